The van der Waals surface area contributed by atoms with Crippen LogP contribution in [0.1, 0.15) is 24.8 Å². The quantitative estimate of drug-likeness (QED) is 0.345. The molecule has 1 unspecified atom stereocenters. The summed E-state index contributed by atoms with van der Waals surface area (Å²) in [4.78, 5) is 0. The van der Waals surface area contributed by atoms with Gasteiger partial charge in [-0.1, -0.05) is 6.07 Å². The lowest BCUT2D eigenvalue weighted by Gasteiger charge is -2.15. The van der Waals surface area contributed by atoms with Gasteiger partial charge in [0.15, 0.2) is 0 Å². The number of hydrogen-bond donors (Lipinski definition) is 2. The zero-order valence-electron chi connectivity index (χ0n) is 9.55. The second-order valence-corrected chi connectivity index (χ2v) is 3.90. The summed E-state index contributed by atoms with van der Waals surface area (Å²) in [6.45, 7) is 0. The second kappa shape index (κ2) is 7.00. The third-order valence-corrected chi connectivity index (χ3v) is 2.59. The SMILES string of the molecule is C#CCCCC(Cc1ccc(F)cc1F)NN. The van der Waals surface area contributed by atoms with Crippen LogP contribution in [0.15, 0.2) is 18.2 Å². The number of rotatable bonds is 6. The van der Waals surface area contributed by atoms with Crippen molar-refractivity contribution >= 4 is 0 Å². The Bertz CT molecular complexity index is 399. The van der Waals surface area contributed by atoms with Gasteiger partial charge in [-0.05, 0) is 30.9 Å². The van der Waals surface area contributed by atoms with Crippen LogP contribution in [0.3, 0.4) is 0 Å². The summed E-state index contributed by atoms with van der Waals surface area (Å²) in [6.07, 6.45) is 7.83. The number of benzene rings is 1. The summed E-state index contributed by atoms with van der Waals surface area (Å²) < 4.78 is 26.1. The Kier molecular flexibility index (Phi) is 5.61. The summed E-state index contributed by atoms with van der Waals surface area (Å²) in [5, 5.41) is 0. The van der Waals surface area contributed by atoms with E-state index in [9.17, 15) is 8.78 Å². The summed E-state index contributed by atoms with van der Waals surface area (Å²) in [7, 11) is 0. The van der Waals surface area contributed by atoms with Gasteiger partial charge >= 0.3 is 0 Å². The van der Waals surface area contributed by atoms with E-state index in [1.54, 1.807) is 0 Å². The molecule has 0 fully saturated rings. The molecule has 4 heteroatoms. The molecule has 0 aliphatic heterocycles. The minimum absolute atomic E-state index is 0.0525. The van der Waals surface area contributed by atoms with Gasteiger partial charge < -0.3 is 0 Å². The van der Waals surface area contributed by atoms with E-state index >= 15 is 0 Å². The van der Waals surface area contributed by atoms with Crippen molar-refractivity contribution in [2.24, 2.45) is 5.84 Å². The van der Waals surface area contributed by atoms with Gasteiger partial charge in [0.2, 0.25) is 0 Å². The van der Waals surface area contributed by atoms with Crippen LogP contribution in [-0.4, -0.2) is 6.04 Å². The minimum atomic E-state index is -0.573. The normalized spacial score (nSPS) is 12.1. The first-order chi connectivity index (χ1) is 8.17. The molecule has 1 rings (SSSR count). The maximum Gasteiger partial charge on any atom is 0.129 e. The Morgan fingerprint density at radius 1 is 1.41 bits per heavy atom. The molecule has 0 radical (unpaired) electrons. The third-order valence-electron chi connectivity index (χ3n) is 2.59. The van der Waals surface area contributed by atoms with Crippen LogP contribution in [0.2, 0.25) is 0 Å². The monoisotopic (exact) mass is 238 g/mol. The predicted molar refractivity (Wildman–Crippen MR) is 63.9 cm³/mol. The van der Waals surface area contributed by atoms with Crippen molar-refractivity contribution in [3.8, 4) is 12.3 Å². The zero-order valence-corrected chi connectivity index (χ0v) is 9.55. The topological polar surface area (TPSA) is 38.0 Å². The van der Waals surface area contributed by atoms with Gasteiger partial charge in [-0.2, -0.15) is 0 Å². The molecule has 1 aromatic rings. The number of halogens is 2. The Balaban J connectivity index is 2.58. The fourth-order valence-electron chi connectivity index (χ4n) is 1.65. The van der Waals surface area contributed by atoms with Crippen molar-refractivity contribution in [1.82, 2.24) is 5.43 Å². The molecule has 0 aromatic heterocycles. The first-order valence-electron chi connectivity index (χ1n) is 5.51. The predicted octanol–water partition coefficient (Wildman–Crippen LogP) is 2.14. The number of hydrazine groups is 1. The van der Waals surface area contributed by atoms with Crippen LogP contribution >= 0.6 is 0 Å². The Morgan fingerprint density at radius 2 is 2.18 bits per heavy atom. The van der Waals surface area contributed by atoms with Crippen molar-refractivity contribution in [1.29, 1.82) is 0 Å². The van der Waals surface area contributed by atoms with E-state index in [0.717, 1.165) is 18.9 Å². The van der Waals surface area contributed by atoms with Gasteiger partial charge in [-0.25, -0.2) is 8.78 Å². The smallest absolute Gasteiger partial charge is 0.129 e. The second-order valence-electron chi connectivity index (χ2n) is 3.90. The van der Waals surface area contributed by atoms with Crippen molar-refractivity contribution in [2.45, 2.75) is 31.7 Å². The summed E-state index contributed by atoms with van der Waals surface area (Å²) in [5.41, 5.74) is 3.08. The molecular formula is C13H16F2N2. The molecule has 0 saturated carbocycles. The van der Waals surface area contributed by atoms with Gasteiger partial charge in [0, 0.05) is 18.5 Å². The van der Waals surface area contributed by atoms with Crippen molar-refractivity contribution in [2.75, 3.05) is 0 Å². The molecule has 0 amide bonds. The number of nitrogens with one attached hydrogen (secondary N) is 1. The first kappa shape index (κ1) is 13.6. The van der Waals surface area contributed by atoms with Crippen molar-refractivity contribution in [3.63, 3.8) is 0 Å². The maximum absolute atomic E-state index is 13.4. The van der Waals surface area contributed by atoms with Crippen LogP contribution in [0, 0.1) is 24.0 Å². The molecule has 0 aliphatic carbocycles. The molecule has 0 bridgehead atoms. The van der Waals surface area contributed by atoms with E-state index in [2.05, 4.69) is 11.3 Å². The lowest BCUT2D eigenvalue weighted by molar-refractivity contribution is 0.468. The Hall–Kier alpha value is -1.44. The Morgan fingerprint density at radius 3 is 2.76 bits per heavy atom. The maximum atomic E-state index is 13.4. The number of hydrogen-bond acceptors (Lipinski definition) is 2. The van der Waals surface area contributed by atoms with Crippen LogP contribution in [0.5, 0.6) is 0 Å². The largest absolute Gasteiger partial charge is 0.271 e. The van der Waals surface area contributed by atoms with Gasteiger partial charge in [-0.15, -0.1) is 12.3 Å². The van der Waals surface area contributed by atoms with Crippen LogP contribution in [-0.2, 0) is 6.42 Å². The molecule has 0 saturated heterocycles. The van der Waals surface area contributed by atoms with Crippen molar-refractivity contribution in [3.05, 3.63) is 35.4 Å². The number of nitrogens with two attached hydrogens (primary N) is 1. The van der Waals surface area contributed by atoms with E-state index in [4.69, 9.17) is 12.3 Å². The molecule has 2 nitrogen and oxygen atoms in total. The van der Waals surface area contributed by atoms with Gasteiger partial charge in [0.05, 0.1) is 0 Å². The van der Waals surface area contributed by atoms with E-state index in [1.165, 1.54) is 12.1 Å². The minimum Gasteiger partial charge on any atom is -0.271 e. The molecule has 0 spiro atoms. The molecule has 1 aromatic carbocycles. The third kappa shape index (κ3) is 4.51. The summed E-state index contributed by atoms with van der Waals surface area (Å²) >= 11 is 0. The summed E-state index contributed by atoms with van der Waals surface area (Å²) in [5.74, 6) is 6.81. The Labute approximate surface area is 100 Å². The average Bonchev–Trinajstić information content (AvgIpc) is 2.31. The zero-order chi connectivity index (χ0) is 12.7. The van der Waals surface area contributed by atoms with Gasteiger partial charge in [-0.3, -0.25) is 11.3 Å². The molecule has 17 heavy (non-hydrogen) atoms. The highest BCUT2D eigenvalue weighted by Gasteiger charge is 2.11. The highest BCUT2D eigenvalue weighted by molar-refractivity contribution is 5.19. The lowest BCUT2D eigenvalue weighted by Crippen LogP contribution is -2.36. The number of unbranched alkanes of at least 4 members (excludes halogenated alkanes) is 1. The molecule has 0 aliphatic rings. The van der Waals surface area contributed by atoms with E-state index in [0.29, 0.717) is 18.4 Å². The lowest BCUT2D eigenvalue weighted by atomic mass is 10.0. The van der Waals surface area contributed by atoms with E-state index < -0.39 is 11.6 Å². The number of terminal acetylenes is 1. The van der Waals surface area contributed by atoms with Crippen LogP contribution in [0.25, 0.3) is 0 Å². The van der Waals surface area contributed by atoms with E-state index in [1.807, 2.05) is 0 Å². The highest BCUT2D eigenvalue weighted by atomic mass is 19.1. The molecular weight excluding hydrogens is 222 g/mol. The van der Waals surface area contributed by atoms with E-state index in [-0.39, 0.29) is 6.04 Å². The molecule has 0 heterocycles. The fraction of sp³-hybridized carbons (Fsp3) is 0.385. The van der Waals surface area contributed by atoms with Crippen LogP contribution < -0.4 is 11.3 Å². The first-order valence-corrected chi connectivity index (χ1v) is 5.51. The van der Waals surface area contributed by atoms with Gasteiger partial charge in [0.25, 0.3) is 0 Å². The summed E-state index contributed by atoms with van der Waals surface area (Å²) in [6, 6.07) is 3.51. The molecule has 3 N–H and O–H groups in total. The molecule has 1 atom stereocenters. The average molecular weight is 238 g/mol. The fourth-order valence-corrected chi connectivity index (χ4v) is 1.65. The van der Waals surface area contributed by atoms with Crippen molar-refractivity contribution < 1.29 is 8.78 Å². The van der Waals surface area contributed by atoms with Crippen LogP contribution in [0.4, 0.5) is 8.78 Å². The molecule has 92 valence electrons. The highest BCUT2D eigenvalue weighted by Crippen LogP contribution is 2.13. The standard InChI is InChI=1S/C13H16F2N2/c1-2-3-4-5-12(17-16)8-10-6-7-11(14)9-13(10)15/h1,6-7,9,12,17H,3-5,8,16H2. The van der Waals surface area contributed by atoms with Gasteiger partial charge in [0.1, 0.15) is 11.6 Å².